The largest absolute Gasteiger partial charge is 0.388 e. The first-order chi connectivity index (χ1) is 8.20. The quantitative estimate of drug-likeness (QED) is 0.848. The van der Waals surface area contributed by atoms with Gasteiger partial charge in [0.25, 0.3) is 0 Å². The van der Waals surface area contributed by atoms with Crippen LogP contribution in [0.5, 0.6) is 0 Å². The van der Waals surface area contributed by atoms with E-state index in [0.29, 0.717) is 0 Å². The molecule has 0 amide bonds. The molecule has 2 rings (SSSR count). The fourth-order valence-corrected chi connectivity index (χ4v) is 1.90. The number of aliphatic hydroxyl groups is 1. The Balaban J connectivity index is 2.26. The zero-order valence-electron chi connectivity index (χ0n) is 9.73. The van der Waals surface area contributed by atoms with Gasteiger partial charge in [0, 0.05) is 5.02 Å². The molecule has 0 aliphatic rings. The second kappa shape index (κ2) is 5.35. The Labute approximate surface area is 107 Å². The average Bonchev–Trinajstić information content (AvgIpc) is 2.39. The van der Waals surface area contributed by atoms with Gasteiger partial charge in [-0.3, -0.25) is 0 Å². The van der Waals surface area contributed by atoms with Gasteiger partial charge in [-0.2, -0.15) is 0 Å². The van der Waals surface area contributed by atoms with E-state index in [1.807, 2.05) is 55.5 Å². The van der Waals surface area contributed by atoms with Crippen molar-refractivity contribution in [2.45, 2.75) is 19.4 Å². The lowest BCUT2D eigenvalue weighted by atomic mass is 10.0. The monoisotopic (exact) mass is 246 g/mol. The number of rotatable bonds is 3. The van der Waals surface area contributed by atoms with Crippen LogP contribution < -0.4 is 0 Å². The van der Waals surface area contributed by atoms with E-state index in [4.69, 9.17) is 11.6 Å². The van der Waals surface area contributed by atoms with E-state index in [0.717, 1.165) is 28.1 Å². The molecule has 17 heavy (non-hydrogen) atoms. The van der Waals surface area contributed by atoms with Crippen molar-refractivity contribution in [3.8, 4) is 11.1 Å². The Hall–Kier alpha value is -1.31. The standard InChI is InChI=1S/C15H15ClO/c1-2-15(17)13-5-3-11(4-6-13)12-7-9-14(16)10-8-12/h3-10,15,17H,2H2,1H3/t15-/m0/s1. The molecular weight excluding hydrogens is 232 g/mol. The number of benzene rings is 2. The summed E-state index contributed by atoms with van der Waals surface area (Å²) in [5, 5.41) is 10.5. The lowest BCUT2D eigenvalue weighted by Gasteiger charge is -2.09. The summed E-state index contributed by atoms with van der Waals surface area (Å²) >= 11 is 5.85. The molecule has 0 radical (unpaired) electrons. The van der Waals surface area contributed by atoms with Crippen LogP contribution in [0.2, 0.25) is 5.02 Å². The predicted octanol–water partition coefficient (Wildman–Crippen LogP) is 4.45. The molecule has 2 heteroatoms. The molecule has 0 aliphatic carbocycles. The van der Waals surface area contributed by atoms with Crippen LogP contribution in [0.25, 0.3) is 11.1 Å². The van der Waals surface area contributed by atoms with Crippen molar-refractivity contribution in [3.05, 3.63) is 59.1 Å². The normalized spacial score (nSPS) is 12.4. The maximum Gasteiger partial charge on any atom is 0.0787 e. The zero-order chi connectivity index (χ0) is 12.3. The van der Waals surface area contributed by atoms with E-state index in [1.54, 1.807) is 0 Å². The molecule has 1 atom stereocenters. The Morgan fingerprint density at radius 3 is 1.88 bits per heavy atom. The summed E-state index contributed by atoms with van der Waals surface area (Å²) in [7, 11) is 0. The highest BCUT2D eigenvalue weighted by atomic mass is 35.5. The molecule has 2 aromatic carbocycles. The molecule has 0 saturated carbocycles. The molecule has 0 unspecified atom stereocenters. The highest BCUT2D eigenvalue weighted by Gasteiger charge is 2.04. The van der Waals surface area contributed by atoms with Crippen LogP contribution in [-0.2, 0) is 0 Å². The Kier molecular flexibility index (Phi) is 3.82. The van der Waals surface area contributed by atoms with E-state index >= 15 is 0 Å². The lowest BCUT2D eigenvalue weighted by Crippen LogP contribution is -1.94. The maximum absolute atomic E-state index is 9.71. The van der Waals surface area contributed by atoms with Gasteiger partial charge in [0.05, 0.1) is 6.10 Å². The first kappa shape index (κ1) is 12.2. The van der Waals surface area contributed by atoms with Crippen LogP contribution in [0.4, 0.5) is 0 Å². The Morgan fingerprint density at radius 1 is 0.941 bits per heavy atom. The predicted molar refractivity (Wildman–Crippen MR) is 72.1 cm³/mol. The van der Waals surface area contributed by atoms with Gasteiger partial charge in [-0.1, -0.05) is 54.9 Å². The van der Waals surface area contributed by atoms with E-state index < -0.39 is 0 Å². The van der Waals surface area contributed by atoms with Crippen LogP contribution in [-0.4, -0.2) is 5.11 Å². The van der Waals surface area contributed by atoms with Gasteiger partial charge in [0.1, 0.15) is 0 Å². The van der Waals surface area contributed by atoms with Crippen LogP contribution in [0.3, 0.4) is 0 Å². The highest BCUT2D eigenvalue weighted by Crippen LogP contribution is 2.24. The summed E-state index contributed by atoms with van der Waals surface area (Å²) < 4.78 is 0. The van der Waals surface area contributed by atoms with Crippen molar-refractivity contribution >= 4 is 11.6 Å². The van der Waals surface area contributed by atoms with Gasteiger partial charge < -0.3 is 5.11 Å². The number of hydrogen-bond acceptors (Lipinski definition) is 1. The van der Waals surface area contributed by atoms with Crippen LogP contribution in [0.1, 0.15) is 25.0 Å². The summed E-state index contributed by atoms with van der Waals surface area (Å²) in [4.78, 5) is 0. The molecule has 0 saturated heterocycles. The third kappa shape index (κ3) is 2.87. The second-order valence-electron chi connectivity index (χ2n) is 4.05. The average molecular weight is 247 g/mol. The second-order valence-corrected chi connectivity index (χ2v) is 4.49. The highest BCUT2D eigenvalue weighted by molar-refractivity contribution is 6.30. The number of hydrogen-bond donors (Lipinski definition) is 1. The summed E-state index contributed by atoms with van der Waals surface area (Å²) in [6, 6.07) is 15.7. The summed E-state index contributed by atoms with van der Waals surface area (Å²) in [5.41, 5.74) is 3.23. The third-order valence-electron chi connectivity index (χ3n) is 2.86. The molecule has 0 spiro atoms. The van der Waals surface area contributed by atoms with E-state index in [9.17, 15) is 5.11 Å². The van der Waals surface area contributed by atoms with Crippen LogP contribution >= 0.6 is 11.6 Å². The van der Waals surface area contributed by atoms with Gasteiger partial charge in [0.2, 0.25) is 0 Å². The topological polar surface area (TPSA) is 20.2 Å². The fraction of sp³-hybridized carbons (Fsp3) is 0.200. The number of aliphatic hydroxyl groups excluding tert-OH is 1. The number of halogens is 1. The Bertz CT molecular complexity index is 473. The molecule has 88 valence electrons. The molecule has 0 aliphatic heterocycles. The molecule has 1 nitrogen and oxygen atoms in total. The SMILES string of the molecule is CC[C@H](O)c1ccc(-c2ccc(Cl)cc2)cc1. The molecule has 2 aromatic rings. The molecule has 0 fully saturated rings. The van der Waals surface area contributed by atoms with Crippen molar-refractivity contribution in [2.24, 2.45) is 0 Å². The summed E-state index contributed by atoms with van der Waals surface area (Å²) in [6.45, 7) is 1.97. The first-order valence-electron chi connectivity index (χ1n) is 5.74. The smallest absolute Gasteiger partial charge is 0.0787 e. The zero-order valence-corrected chi connectivity index (χ0v) is 10.5. The molecule has 0 heterocycles. The molecule has 0 aromatic heterocycles. The van der Waals surface area contributed by atoms with Crippen molar-refractivity contribution in [2.75, 3.05) is 0 Å². The summed E-state index contributed by atoms with van der Waals surface area (Å²) in [5.74, 6) is 0. The van der Waals surface area contributed by atoms with Crippen LogP contribution in [0.15, 0.2) is 48.5 Å². The van der Waals surface area contributed by atoms with Crippen LogP contribution in [0, 0.1) is 0 Å². The van der Waals surface area contributed by atoms with Gasteiger partial charge in [0.15, 0.2) is 0 Å². The van der Waals surface area contributed by atoms with E-state index in [1.165, 1.54) is 0 Å². The van der Waals surface area contributed by atoms with Gasteiger partial charge >= 0.3 is 0 Å². The molecule has 0 bridgehead atoms. The van der Waals surface area contributed by atoms with Crippen molar-refractivity contribution in [3.63, 3.8) is 0 Å². The van der Waals surface area contributed by atoms with Gasteiger partial charge in [-0.25, -0.2) is 0 Å². The van der Waals surface area contributed by atoms with Gasteiger partial charge in [-0.15, -0.1) is 0 Å². The van der Waals surface area contributed by atoms with Crippen molar-refractivity contribution < 1.29 is 5.11 Å². The maximum atomic E-state index is 9.71. The minimum absolute atomic E-state index is 0.366. The molecule has 1 N–H and O–H groups in total. The van der Waals surface area contributed by atoms with Crippen molar-refractivity contribution in [1.82, 2.24) is 0 Å². The third-order valence-corrected chi connectivity index (χ3v) is 3.11. The minimum atomic E-state index is -0.366. The first-order valence-corrected chi connectivity index (χ1v) is 6.12. The van der Waals surface area contributed by atoms with E-state index in [2.05, 4.69) is 0 Å². The fourth-order valence-electron chi connectivity index (χ4n) is 1.78. The van der Waals surface area contributed by atoms with Crippen molar-refractivity contribution in [1.29, 1.82) is 0 Å². The summed E-state index contributed by atoms with van der Waals surface area (Å²) in [6.07, 6.45) is 0.370. The van der Waals surface area contributed by atoms with Gasteiger partial charge in [-0.05, 0) is 35.2 Å². The lowest BCUT2D eigenvalue weighted by molar-refractivity contribution is 0.173. The molecular formula is C15H15ClO. The van der Waals surface area contributed by atoms with E-state index in [-0.39, 0.29) is 6.10 Å². The minimum Gasteiger partial charge on any atom is -0.388 e. The Morgan fingerprint density at radius 2 is 1.41 bits per heavy atom.